The third-order valence-corrected chi connectivity index (χ3v) is 4.26. The van der Waals surface area contributed by atoms with Gasteiger partial charge in [-0.3, -0.25) is 4.99 Å². The minimum atomic E-state index is -0.135. The van der Waals surface area contributed by atoms with E-state index in [1.54, 1.807) is 0 Å². The number of aryl methyl sites for hydroxylation is 2. The van der Waals surface area contributed by atoms with Gasteiger partial charge in [-0.2, -0.15) is 0 Å². The van der Waals surface area contributed by atoms with Gasteiger partial charge in [-0.05, 0) is 62.3 Å². The van der Waals surface area contributed by atoms with Gasteiger partial charge < -0.3 is 15.8 Å². The van der Waals surface area contributed by atoms with Gasteiger partial charge in [-0.25, -0.2) is 0 Å². The number of nitrogens with one attached hydrogen (secondary N) is 1. The molecule has 0 spiro atoms. The molecule has 1 heterocycles. The summed E-state index contributed by atoms with van der Waals surface area (Å²) in [5.41, 5.74) is 9.78. The summed E-state index contributed by atoms with van der Waals surface area (Å²) in [5, 5.41) is 3.18. The molecule has 0 amide bonds. The van der Waals surface area contributed by atoms with Gasteiger partial charge in [0, 0.05) is 12.3 Å². The van der Waals surface area contributed by atoms with Crippen molar-refractivity contribution in [3.8, 4) is 0 Å². The third-order valence-electron chi connectivity index (χ3n) is 4.26. The molecule has 1 aromatic carbocycles. The second-order valence-corrected chi connectivity index (χ2v) is 6.07. The summed E-state index contributed by atoms with van der Waals surface area (Å²) in [7, 11) is 0. The van der Waals surface area contributed by atoms with Gasteiger partial charge in [0.2, 0.25) is 0 Å². The van der Waals surface area contributed by atoms with Gasteiger partial charge in [-0.1, -0.05) is 6.07 Å². The standard InChI is InChI=1S/C16H23N3O.HI/c1-16(8-3-9-20-16)11-18-15(17)19-14-7-6-12-4-2-5-13(12)10-14;/h6-7,10H,2-5,8-9,11H2,1H3,(H3,17,18,19);1H. The van der Waals surface area contributed by atoms with E-state index in [9.17, 15) is 0 Å². The molecule has 1 aromatic rings. The minimum Gasteiger partial charge on any atom is -0.373 e. The fraction of sp³-hybridized carbons (Fsp3) is 0.562. The van der Waals surface area contributed by atoms with Crippen LogP contribution in [0.5, 0.6) is 0 Å². The highest BCUT2D eigenvalue weighted by molar-refractivity contribution is 14.0. The molecule has 116 valence electrons. The highest BCUT2D eigenvalue weighted by Gasteiger charge is 2.29. The summed E-state index contributed by atoms with van der Waals surface area (Å²) in [6.07, 6.45) is 5.81. The Balaban J connectivity index is 0.00000161. The molecule has 0 aromatic heterocycles. The van der Waals surface area contributed by atoms with Gasteiger partial charge in [0.1, 0.15) is 0 Å². The van der Waals surface area contributed by atoms with E-state index in [-0.39, 0.29) is 29.6 Å². The molecule has 1 fully saturated rings. The molecule has 1 atom stereocenters. The summed E-state index contributed by atoms with van der Waals surface area (Å²) in [5.74, 6) is 0.472. The number of hydrogen-bond donors (Lipinski definition) is 2. The summed E-state index contributed by atoms with van der Waals surface area (Å²) >= 11 is 0. The van der Waals surface area contributed by atoms with Gasteiger partial charge in [0.05, 0.1) is 12.1 Å². The first-order valence-electron chi connectivity index (χ1n) is 7.47. The lowest BCUT2D eigenvalue weighted by molar-refractivity contribution is 0.0284. The zero-order valence-electron chi connectivity index (χ0n) is 12.5. The van der Waals surface area contributed by atoms with Crippen molar-refractivity contribution in [3.63, 3.8) is 0 Å². The van der Waals surface area contributed by atoms with E-state index >= 15 is 0 Å². The van der Waals surface area contributed by atoms with Crippen LogP contribution in [-0.2, 0) is 17.6 Å². The lowest BCUT2D eigenvalue weighted by Crippen LogP contribution is -2.30. The minimum absolute atomic E-state index is 0. The molecule has 0 bridgehead atoms. The van der Waals surface area contributed by atoms with Crippen molar-refractivity contribution in [2.75, 3.05) is 18.5 Å². The molecule has 1 aliphatic heterocycles. The predicted molar refractivity (Wildman–Crippen MR) is 97.6 cm³/mol. The average Bonchev–Trinajstić information content (AvgIpc) is 3.05. The molecule has 1 saturated heterocycles. The molecule has 3 N–H and O–H groups in total. The van der Waals surface area contributed by atoms with E-state index in [0.717, 1.165) is 25.1 Å². The predicted octanol–water partition coefficient (Wildman–Crippen LogP) is 3.09. The van der Waals surface area contributed by atoms with E-state index in [0.29, 0.717) is 12.5 Å². The van der Waals surface area contributed by atoms with Gasteiger partial charge in [-0.15, -0.1) is 24.0 Å². The molecule has 0 radical (unpaired) electrons. The molecule has 4 nitrogen and oxygen atoms in total. The SMILES string of the molecule is CC1(CN=C(N)Nc2ccc3c(c2)CCC3)CCCO1.I. The van der Waals surface area contributed by atoms with Crippen molar-refractivity contribution in [2.45, 2.75) is 44.6 Å². The van der Waals surface area contributed by atoms with Crippen LogP contribution < -0.4 is 11.1 Å². The maximum Gasteiger partial charge on any atom is 0.193 e. The Morgan fingerprint density at radius 2 is 2.14 bits per heavy atom. The van der Waals surface area contributed by atoms with E-state index in [4.69, 9.17) is 10.5 Å². The number of ether oxygens (including phenoxy) is 1. The van der Waals surface area contributed by atoms with Crippen LogP contribution in [0, 0.1) is 0 Å². The first kappa shape index (κ1) is 16.5. The number of fused-ring (bicyclic) bond motifs is 1. The fourth-order valence-electron chi connectivity index (χ4n) is 3.05. The Morgan fingerprint density at radius 3 is 2.90 bits per heavy atom. The number of guanidine groups is 1. The van der Waals surface area contributed by atoms with Crippen molar-refractivity contribution in [1.29, 1.82) is 0 Å². The number of nitrogens with two attached hydrogens (primary N) is 1. The molecule has 21 heavy (non-hydrogen) atoms. The van der Waals surface area contributed by atoms with Crippen LogP contribution in [0.2, 0.25) is 0 Å². The van der Waals surface area contributed by atoms with Crippen molar-refractivity contribution < 1.29 is 4.74 Å². The molecule has 0 saturated carbocycles. The van der Waals surface area contributed by atoms with Crippen molar-refractivity contribution in [3.05, 3.63) is 29.3 Å². The Labute approximate surface area is 143 Å². The molecular weight excluding hydrogens is 377 g/mol. The van der Waals surface area contributed by atoms with Crippen molar-refractivity contribution >= 4 is 35.6 Å². The zero-order valence-corrected chi connectivity index (χ0v) is 14.9. The Kier molecular flexibility index (Phi) is 5.48. The first-order valence-corrected chi connectivity index (χ1v) is 7.47. The van der Waals surface area contributed by atoms with Crippen LogP contribution in [0.1, 0.15) is 37.3 Å². The van der Waals surface area contributed by atoms with Crippen LogP contribution in [0.4, 0.5) is 5.69 Å². The fourth-order valence-corrected chi connectivity index (χ4v) is 3.05. The number of rotatable bonds is 3. The smallest absolute Gasteiger partial charge is 0.193 e. The molecule has 5 heteroatoms. The summed E-state index contributed by atoms with van der Waals surface area (Å²) in [6, 6.07) is 6.47. The largest absolute Gasteiger partial charge is 0.373 e. The van der Waals surface area contributed by atoms with Crippen LogP contribution in [0.25, 0.3) is 0 Å². The monoisotopic (exact) mass is 401 g/mol. The summed E-state index contributed by atoms with van der Waals surface area (Å²) < 4.78 is 5.71. The number of benzene rings is 1. The van der Waals surface area contributed by atoms with Crippen molar-refractivity contribution in [2.24, 2.45) is 10.7 Å². The van der Waals surface area contributed by atoms with Crippen LogP contribution in [0.15, 0.2) is 23.2 Å². The molecule has 2 aliphatic rings. The summed E-state index contributed by atoms with van der Waals surface area (Å²) in [4.78, 5) is 4.43. The maximum absolute atomic E-state index is 5.97. The Morgan fingerprint density at radius 1 is 1.33 bits per heavy atom. The number of hydrogen-bond acceptors (Lipinski definition) is 2. The van der Waals surface area contributed by atoms with Gasteiger partial charge in [0.25, 0.3) is 0 Å². The first-order chi connectivity index (χ1) is 9.65. The summed E-state index contributed by atoms with van der Waals surface area (Å²) in [6.45, 7) is 3.56. The lowest BCUT2D eigenvalue weighted by atomic mass is 10.0. The maximum atomic E-state index is 5.97. The van der Waals surface area contributed by atoms with Crippen LogP contribution in [0.3, 0.4) is 0 Å². The van der Waals surface area contributed by atoms with Gasteiger partial charge in [0.15, 0.2) is 5.96 Å². The lowest BCUT2D eigenvalue weighted by Gasteiger charge is -2.20. The average molecular weight is 401 g/mol. The molecule has 1 unspecified atom stereocenters. The van der Waals surface area contributed by atoms with E-state index < -0.39 is 0 Å². The van der Waals surface area contributed by atoms with Crippen molar-refractivity contribution in [1.82, 2.24) is 0 Å². The van der Waals surface area contributed by atoms with E-state index in [2.05, 4.69) is 35.4 Å². The number of aliphatic imine (C=N–C) groups is 1. The van der Waals surface area contributed by atoms with Gasteiger partial charge >= 0.3 is 0 Å². The number of nitrogens with zero attached hydrogens (tertiary/aromatic N) is 1. The zero-order chi connectivity index (χ0) is 14.0. The second kappa shape index (κ2) is 6.96. The Hall–Kier alpha value is -0.820. The molecular formula is C16H24IN3O. The number of anilines is 1. The third kappa shape index (κ3) is 4.10. The second-order valence-electron chi connectivity index (χ2n) is 6.07. The quantitative estimate of drug-likeness (QED) is 0.465. The van der Waals surface area contributed by atoms with Crippen LogP contribution in [-0.4, -0.2) is 24.7 Å². The molecule has 3 rings (SSSR count). The highest BCUT2D eigenvalue weighted by atomic mass is 127. The normalized spacial score (nSPS) is 24.5. The van der Waals surface area contributed by atoms with E-state index in [1.165, 1.54) is 30.4 Å². The van der Waals surface area contributed by atoms with E-state index in [1.807, 2.05) is 0 Å². The molecule has 1 aliphatic carbocycles. The topological polar surface area (TPSA) is 59.6 Å². The van der Waals surface area contributed by atoms with Crippen LogP contribution >= 0.6 is 24.0 Å². The highest BCUT2D eigenvalue weighted by Crippen LogP contribution is 2.26. The number of halogens is 1. The Bertz CT molecular complexity index is 524.